The first-order valence-electron chi connectivity index (χ1n) is 8.88. The molecule has 0 aromatic carbocycles. The standard InChI is InChI=1S/C16H15F6N5O2S/c17-15(18,19)7-5-30-14(23-7)27-3-1-6(2-4-27)10-8-9(16(20,21)22)11(28)13(29)24-12(8)26-25-10/h5-6,9,11,28H,1-4H2,(H2,24,25,26,29)/t9-,11-/m1/s1. The van der Waals surface area contributed by atoms with E-state index in [0.717, 1.165) is 16.7 Å². The highest BCUT2D eigenvalue weighted by Gasteiger charge is 2.54. The van der Waals surface area contributed by atoms with Crippen LogP contribution in [0.3, 0.4) is 0 Å². The molecule has 2 aliphatic rings. The minimum absolute atomic E-state index is 0.168. The van der Waals surface area contributed by atoms with Crippen molar-refractivity contribution in [3.8, 4) is 0 Å². The second-order valence-corrected chi connectivity index (χ2v) is 7.96. The number of hydrogen-bond acceptors (Lipinski definition) is 6. The predicted octanol–water partition coefficient (Wildman–Crippen LogP) is 3.23. The molecule has 7 nitrogen and oxygen atoms in total. The largest absolute Gasteiger partial charge is 0.434 e. The van der Waals surface area contributed by atoms with Crippen LogP contribution < -0.4 is 10.2 Å². The number of hydrogen-bond donors (Lipinski definition) is 3. The third-order valence-corrected chi connectivity index (χ3v) is 6.18. The zero-order valence-electron chi connectivity index (χ0n) is 15.0. The molecule has 4 rings (SSSR count). The maximum Gasteiger partial charge on any atom is 0.434 e. The van der Waals surface area contributed by atoms with E-state index in [1.165, 1.54) is 0 Å². The lowest BCUT2D eigenvalue weighted by Crippen LogP contribution is -2.44. The smallest absolute Gasteiger partial charge is 0.382 e. The molecule has 1 amide bonds. The van der Waals surface area contributed by atoms with Crippen molar-refractivity contribution >= 4 is 28.2 Å². The molecule has 2 aromatic rings. The van der Waals surface area contributed by atoms with Crippen molar-refractivity contribution in [1.82, 2.24) is 15.2 Å². The van der Waals surface area contributed by atoms with E-state index in [4.69, 9.17) is 0 Å². The Hall–Kier alpha value is -2.35. The molecule has 0 bridgehead atoms. The number of carbonyl (C=O) groups excluding carboxylic acids is 1. The summed E-state index contributed by atoms with van der Waals surface area (Å²) in [6.07, 6.45) is -11.0. The number of H-pyrrole nitrogens is 1. The topological polar surface area (TPSA) is 94.1 Å². The number of carbonyl (C=O) groups is 1. The highest BCUT2D eigenvalue weighted by Crippen LogP contribution is 2.47. The minimum Gasteiger partial charge on any atom is -0.382 e. The van der Waals surface area contributed by atoms with Crippen molar-refractivity contribution in [3.05, 3.63) is 22.3 Å². The first-order valence-corrected chi connectivity index (χ1v) is 9.76. The summed E-state index contributed by atoms with van der Waals surface area (Å²) < 4.78 is 78.9. The van der Waals surface area contributed by atoms with Gasteiger partial charge in [-0.25, -0.2) is 4.98 Å². The lowest BCUT2D eigenvalue weighted by Gasteiger charge is -2.34. The molecule has 164 valence electrons. The van der Waals surface area contributed by atoms with Crippen molar-refractivity contribution in [2.75, 3.05) is 23.3 Å². The van der Waals surface area contributed by atoms with Crippen LogP contribution in [-0.2, 0) is 11.0 Å². The first-order chi connectivity index (χ1) is 14.0. The number of piperidine rings is 1. The summed E-state index contributed by atoms with van der Waals surface area (Å²) in [5, 5.41) is 19.4. The van der Waals surface area contributed by atoms with Crippen molar-refractivity contribution in [1.29, 1.82) is 0 Å². The van der Waals surface area contributed by atoms with Gasteiger partial charge in [-0.15, -0.1) is 11.3 Å². The molecule has 2 aromatic heterocycles. The zero-order valence-corrected chi connectivity index (χ0v) is 15.8. The van der Waals surface area contributed by atoms with Gasteiger partial charge in [0.1, 0.15) is 12.0 Å². The Kier molecular flexibility index (Phi) is 4.96. The molecule has 0 spiro atoms. The number of aliphatic hydroxyl groups is 1. The van der Waals surface area contributed by atoms with Gasteiger partial charge in [-0.2, -0.15) is 31.4 Å². The quantitative estimate of drug-likeness (QED) is 0.605. The second kappa shape index (κ2) is 7.11. The normalized spacial score (nSPS) is 23.4. The molecule has 30 heavy (non-hydrogen) atoms. The van der Waals surface area contributed by atoms with Gasteiger partial charge in [0, 0.05) is 35.6 Å². The highest BCUT2D eigenvalue weighted by atomic mass is 32.1. The highest BCUT2D eigenvalue weighted by molar-refractivity contribution is 7.13. The van der Waals surface area contributed by atoms with Crippen LogP contribution in [0.4, 0.5) is 37.3 Å². The summed E-state index contributed by atoms with van der Waals surface area (Å²) in [5.74, 6) is -4.24. The molecule has 0 radical (unpaired) electrons. The Morgan fingerprint density at radius 1 is 1.17 bits per heavy atom. The second-order valence-electron chi connectivity index (χ2n) is 7.13. The van der Waals surface area contributed by atoms with E-state index < -0.39 is 41.9 Å². The van der Waals surface area contributed by atoms with Gasteiger partial charge in [-0.3, -0.25) is 9.89 Å². The number of alkyl halides is 6. The number of nitrogens with one attached hydrogen (secondary N) is 2. The van der Waals surface area contributed by atoms with E-state index in [2.05, 4.69) is 20.5 Å². The maximum atomic E-state index is 13.6. The summed E-state index contributed by atoms with van der Waals surface area (Å²) in [5.41, 5.74) is -1.10. The lowest BCUT2D eigenvalue weighted by atomic mass is 9.83. The Morgan fingerprint density at radius 2 is 1.83 bits per heavy atom. The number of aliphatic hydroxyl groups excluding tert-OH is 1. The van der Waals surface area contributed by atoms with Crippen LogP contribution in [0, 0.1) is 0 Å². The Balaban J connectivity index is 1.54. The zero-order chi connectivity index (χ0) is 21.8. The van der Waals surface area contributed by atoms with Gasteiger partial charge in [0.25, 0.3) is 5.91 Å². The molecule has 2 aliphatic heterocycles. The van der Waals surface area contributed by atoms with Gasteiger partial charge in [-0.05, 0) is 12.8 Å². The van der Waals surface area contributed by atoms with E-state index in [1.54, 1.807) is 4.90 Å². The molecule has 14 heteroatoms. The van der Waals surface area contributed by atoms with E-state index in [0.29, 0.717) is 12.8 Å². The SMILES string of the molecule is O=C1Nc2n[nH]c(C3CCN(c4nc(C(F)(F)F)cs4)CC3)c2[C@@H](C(F)(F)F)[C@H]1O. The molecule has 0 saturated carbocycles. The Morgan fingerprint density at radius 3 is 2.40 bits per heavy atom. The average Bonchev–Trinajstić information content (AvgIpc) is 3.29. The third-order valence-electron chi connectivity index (χ3n) is 5.28. The van der Waals surface area contributed by atoms with Crippen LogP contribution in [0.5, 0.6) is 0 Å². The number of thiazole rings is 1. The van der Waals surface area contributed by atoms with Crippen LogP contribution in [0.2, 0.25) is 0 Å². The summed E-state index contributed by atoms with van der Waals surface area (Å²) >= 11 is 0.854. The summed E-state index contributed by atoms with van der Waals surface area (Å²) in [6, 6.07) is 0. The number of amides is 1. The van der Waals surface area contributed by atoms with Gasteiger partial charge in [-0.1, -0.05) is 0 Å². The maximum absolute atomic E-state index is 13.6. The predicted molar refractivity (Wildman–Crippen MR) is 93.3 cm³/mol. The number of aromatic nitrogens is 3. The van der Waals surface area contributed by atoms with Gasteiger partial charge in [0.15, 0.2) is 16.6 Å². The van der Waals surface area contributed by atoms with Gasteiger partial charge in [0.2, 0.25) is 0 Å². The number of rotatable bonds is 2. The molecular formula is C16H15F6N5O2S. The van der Waals surface area contributed by atoms with Crippen LogP contribution in [-0.4, -0.2) is 51.6 Å². The number of aromatic amines is 1. The van der Waals surface area contributed by atoms with Gasteiger partial charge < -0.3 is 15.3 Å². The van der Waals surface area contributed by atoms with Crippen LogP contribution in [0.1, 0.15) is 41.6 Å². The lowest BCUT2D eigenvalue weighted by molar-refractivity contribution is -0.177. The Labute approximate surface area is 169 Å². The van der Waals surface area contributed by atoms with Crippen LogP contribution in [0.25, 0.3) is 0 Å². The fraction of sp³-hybridized carbons (Fsp3) is 0.562. The number of fused-ring (bicyclic) bond motifs is 1. The minimum atomic E-state index is -4.86. The molecule has 0 aliphatic carbocycles. The molecule has 1 fully saturated rings. The van der Waals surface area contributed by atoms with Crippen LogP contribution >= 0.6 is 11.3 Å². The Bertz CT molecular complexity index is 947. The van der Waals surface area contributed by atoms with E-state index in [-0.39, 0.29) is 35.3 Å². The van der Waals surface area contributed by atoms with Crippen LogP contribution in [0.15, 0.2) is 5.38 Å². The fourth-order valence-corrected chi connectivity index (χ4v) is 4.71. The van der Waals surface area contributed by atoms with E-state index in [9.17, 15) is 36.2 Å². The van der Waals surface area contributed by atoms with Gasteiger partial charge >= 0.3 is 12.4 Å². The monoisotopic (exact) mass is 455 g/mol. The third kappa shape index (κ3) is 3.62. The van der Waals surface area contributed by atoms with E-state index >= 15 is 0 Å². The molecule has 3 N–H and O–H groups in total. The van der Waals surface area contributed by atoms with Crippen molar-refractivity contribution in [3.63, 3.8) is 0 Å². The van der Waals surface area contributed by atoms with Gasteiger partial charge in [0.05, 0.1) is 0 Å². The molecular weight excluding hydrogens is 440 g/mol. The average molecular weight is 455 g/mol. The molecule has 0 unspecified atom stereocenters. The van der Waals surface area contributed by atoms with E-state index in [1.807, 2.05) is 0 Å². The number of anilines is 2. The van der Waals surface area contributed by atoms with Crippen molar-refractivity contribution < 1.29 is 36.2 Å². The molecule has 4 heterocycles. The fourth-order valence-electron chi connectivity index (χ4n) is 3.83. The van der Waals surface area contributed by atoms with Crippen molar-refractivity contribution in [2.45, 2.75) is 43.1 Å². The molecule has 1 saturated heterocycles. The summed E-state index contributed by atoms with van der Waals surface area (Å²) in [4.78, 5) is 16.9. The molecule has 2 atom stereocenters. The number of nitrogens with zero attached hydrogens (tertiary/aromatic N) is 3. The summed E-state index contributed by atoms with van der Waals surface area (Å²) in [7, 11) is 0. The first kappa shape index (κ1) is 20.9. The summed E-state index contributed by atoms with van der Waals surface area (Å²) in [6.45, 7) is 0.573. The van der Waals surface area contributed by atoms with Crippen molar-refractivity contribution in [2.24, 2.45) is 0 Å². The number of halogens is 6.